The van der Waals surface area contributed by atoms with Crippen LogP contribution in [0.3, 0.4) is 0 Å². The van der Waals surface area contributed by atoms with Gasteiger partial charge in [0.2, 0.25) is 0 Å². The maximum absolute atomic E-state index is 2.55. The summed E-state index contributed by atoms with van der Waals surface area (Å²) >= 11 is 0. The topological polar surface area (TPSA) is 0 Å². The van der Waals surface area contributed by atoms with E-state index in [2.05, 4.69) is 19.1 Å². The molecule has 0 amide bonds. The average molecular weight is 174 g/mol. The molecule has 3 fully saturated rings. The summed E-state index contributed by atoms with van der Waals surface area (Å²) in [5.41, 5.74) is 0. The lowest BCUT2D eigenvalue weighted by Crippen LogP contribution is -2.25. The van der Waals surface area contributed by atoms with Crippen LogP contribution in [0.2, 0.25) is 0 Å². The second-order valence-corrected chi connectivity index (χ2v) is 5.89. The molecule has 4 aliphatic carbocycles. The molecule has 13 heavy (non-hydrogen) atoms. The molecule has 3 saturated carbocycles. The minimum absolute atomic E-state index is 0.991. The minimum Gasteiger partial charge on any atom is -0.0845 e. The largest absolute Gasteiger partial charge is 0.0845 e. The van der Waals surface area contributed by atoms with Gasteiger partial charge in [0.15, 0.2) is 0 Å². The molecule has 4 aliphatic rings. The Balaban J connectivity index is 1.81. The van der Waals surface area contributed by atoms with Gasteiger partial charge in [-0.15, -0.1) is 0 Å². The van der Waals surface area contributed by atoms with Gasteiger partial charge in [-0.1, -0.05) is 19.1 Å². The van der Waals surface area contributed by atoms with Crippen molar-refractivity contribution in [3.05, 3.63) is 12.2 Å². The van der Waals surface area contributed by atoms with Crippen molar-refractivity contribution >= 4 is 0 Å². The van der Waals surface area contributed by atoms with Crippen LogP contribution in [0, 0.1) is 41.4 Å². The molecule has 0 heterocycles. The monoisotopic (exact) mass is 174 g/mol. The summed E-state index contributed by atoms with van der Waals surface area (Å²) in [4.78, 5) is 0. The normalized spacial score (nSPS) is 66.4. The first-order valence-corrected chi connectivity index (χ1v) is 6.04. The van der Waals surface area contributed by atoms with Crippen LogP contribution in [0.1, 0.15) is 26.2 Å². The van der Waals surface area contributed by atoms with Crippen molar-refractivity contribution in [2.24, 2.45) is 41.4 Å². The van der Waals surface area contributed by atoms with Gasteiger partial charge in [-0.2, -0.15) is 0 Å². The van der Waals surface area contributed by atoms with Crippen molar-refractivity contribution in [3.8, 4) is 0 Å². The number of rotatable bonds is 0. The molecule has 0 aromatic rings. The molecule has 0 aromatic heterocycles. The van der Waals surface area contributed by atoms with Crippen molar-refractivity contribution in [3.63, 3.8) is 0 Å². The van der Waals surface area contributed by atoms with Crippen LogP contribution < -0.4 is 0 Å². The highest BCUT2D eigenvalue weighted by Gasteiger charge is 2.60. The zero-order chi connectivity index (χ0) is 8.58. The highest BCUT2D eigenvalue weighted by molar-refractivity contribution is 5.21. The van der Waals surface area contributed by atoms with Crippen molar-refractivity contribution in [1.82, 2.24) is 0 Å². The molecule has 6 unspecified atom stereocenters. The van der Waals surface area contributed by atoms with Gasteiger partial charge in [0.05, 0.1) is 0 Å². The third kappa shape index (κ3) is 0.639. The number of fused-ring (bicyclic) bond motifs is 9. The Hall–Kier alpha value is -0.260. The van der Waals surface area contributed by atoms with E-state index in [1.54, 1.807) is 19.3 Å². The van der Waals surface area contributed by atoms with Gasteiger partial charge in [-0.3, -0.25) is 0 Å². The summed E-state index contributed by atoms with van der Waals surface area (Å²) in [6, 6.07) is 0. The zero-order valence-electron chi connectivity index (χ0n) is 8.32. The van der Waals surface area contributed by atoms with Crippen LogP contribution >= 0.6 is 0 Å². The van der Waals surface area contributed by atoms with E-state index >= 15 is 0 Å². The molecule has 0 N–H and O–H groups in total. The fourth-order valence-corrected chi connectivity index (χ4v) is 5.34. The highest BCUT2D eigenvalue weighted by atomic mass is 14.6. The Bertz CT molecular complexity index is 252. The third-order valence-corrected chi connectivity index (χ3v) is 5.71. The third-order valence-electron chi connectivity index (χ3n) is 5.71. The fourth-order valence-electron chi connectivity index (χ4n) is 5.34. The summed E-state index contributed by atoms with van der Waals surface area (Å²) in [5.74, 6) is 7.51. The summed E-state index contributed by atoms with van der Waals surface area (Å²) in [5, 5.41) is 0. The van der Waals surface area contributed by atoms with Crippen LogP contribution in [0.5, 0.6) is 0 Å². The highest BCUT2D eigenvalue weighted by Crippen LogP contribution is 2.67. The van der Waals surface area contributed by atoms with Crippen LogP contribution in [0.15, 0.2) is 12.2 Å². The van der Waals surface area contributed by atoms with E-state index in [-0.39, 0.29) is 0 Å². The predicted molar refractivity (Wildman–Crippen MR) is 53.1 cm³/mol. The van der Waals surface area contributed by atoms with E-state index in [9.17, 15) is 0 Å². The first-order valence-electron chi connectivity index (χ1n) is 6.04. The van der Waals surface area contributed by atoms with E-state index < -0.39 is 0 Å². The molecule has 0 nitrogen and oxygen atoms in total. The van der Waals surface area contributed by atoms with Gasteiger partial charge < -0.3 is 0 Å². The maximum atomic E-state index is 2.55. The Morgan fingerprint density at radius 2 is 1.46 bits per heavy atom. The van der Waals surface area contributed by atoms with Crippen LogP contribution in [0.4, 0.5) is 0 Å². The minimum atomic E-state index is 0.991. The lowest BCUT2D eigenvalue weighted by atomic mass is 9.73. The van der Waals surface area contributed by atoms with E-state index in [1.165, 1.54) is 0 Å². The second kappa shape index (κ2) is 2.04. The van der Waals surface area contributed by atoms with Crippen LogP contribution in [-0.4, -0.2) is 0 Å². The first-order chi connectivity index (χ1) is 6.36. The zero-order valence-corrected chi connectivity index (χ0v) is 8.32. The van der Waals surface area contributed by atoms with Gasteiger partial charge in [0.1, 0.15) is 0 Å². The molecule has 0 heteroatoms. The predicted octanol–water partition coefficient (Wildman–Crippen LogP) is 3.10. The van der Waals surface area contributed by atoms with Crippen LogP contribution in [0.25, 0.3) is 0 Å². The first kappa shape index (κ1) is 7.09. The molecule has 70 valence electrons. The van der Waals surface area contributed by atoms with Crippen LogP contribution in [-0.2, 0) is 0 Å². The standard InChI is InChI=1S/C13H18/c1-7-10-4-5-11(7)13-9-3-2-8(6-9)12(10)13/h4-5,7-13H,2-3,6H2,1H3. The van der Waals surface area contributed by atoms with E-state index in [0.717, 1.165) is 41.4 Å². The summed E-state index contributed by atoms with van der Waals surface area (Å²) < 4.78 is 0. The van der Waals surface area contributed by atoms with Crippen molar-refractivity contribution in [2.45, 2.75) is 26.2 Å². The molecular weight excluding hydrogens is 156 g/mol. The lowest BCUT2D eigenvalue weighted by Gasteiger charge is -2.31. The van der Waals surface area contributed by atoms with E-state index in [4.69, 9.17) is 0 Å². The lowest BCUT2D eigenvalue weighted by molar-refractivity contribution is 0.206. The maximum Gasteiger partial charge on any atom is -0.0168 e. The fraction of sp³-hybridized carbons (Fsp3) is 0.846. The van der Waals surface area contributed by atoms with Crippen molar-refractivity contribution in [1.29, 1.82) is 0 Å². The number of allylic oxidation sites excluding steroid dienone is 2. The Kier molecular flexibility index (Phi) is 1.11. The average Bonchev–Trinajstić information content (AvgIpc) is 2.84. The molecule has 0 aliphatic heterocycles. The molecule has 0 saturated heterocycles. The van der Waals surface area contributed by atoms with Gasteiger partial charge in [0.25, 0.3) is 0 Å². The Morgan fingerprint density at radius 3 is 2.00 bits per heavy atom. The van der Waals surface area contributed by atoms with Gasteiger partial charge >= 0.3 is 0 Å². The summed E-state index contributed by atoms with van der Waals surface area (Å²) in [6.07, 6.45) is 9.83. The van der Waals surface area contributed by atoms with E-state index in [1.807, 2.05) is 0 Å². The summed E-state index contributed by atoms with van der Waals surface area (Å²) in [6.45, 7) is 2.49. The van der Waals surface area contributed by atoms with Crippen molar-refractivity contribution < 1.29 is 0 Å². The van der Waals surface area contributed by atoms with Crippen molar-refractivity contribution in [2.75, 3.05) is 0 Å². The Labute approximate surface area is 80.4 Å². The smallest absolute Gasteiger partial charge is 0.0168 e. The molecule has 0 aromatic carbocycles. The number of hydrogen-bond acceptors (Lipinski definition) is 0. The van der Waals surface area contributed by atoms with Gasteiger partial charge in [-0.25, -0.2) is 0 Å². The molecule has 6 atom stereocenters. The van der Waals surface area contributed by atoms with Gasteiger partial charge in [-0.05, 0) is 60.7 Å². The molecule has 4 bridgehead atoms. The Morgan fingerprint density at radius 1 is 0.923 bits per heavy atom. The number of hydrogen-bond donors (Lipinski definition) is 0. The quantitative estimate of drug-likeness (QED) is 0.391. The SMILES string of the molecule is CC1C2C=CC1C1C3CCC(C3)C21. The van der Waals surface area contributed by atoms with E-state index in [0.29, 0.717) is 0 Å². The molecule has 0 radical (unpaired) electrons. The van der Waals surface area contributed by atoms with Gasteiger partial charge in [0, 0.05) is 0 Å². The second-order valence-electron chi connectivity index (χ2n) is 5.89. The molecule has 0 spiro atoms. The molecular formula is C13H18. The molecule has 4 rings (SSSR count). The summed E-state index contributed by atoms with van der Waals surface area (Å²) in [7, 11) is 0.